The third kappa shape index (κ3) is 3.98. The Labute approximate surface area is 129 Å². The van der Waals surface area contributed by atoms with Gasteiger partial charge in [-0.2, -0.15) is 0 Å². The summed E-state index contributed by atoms with van der Waals surface area (Å²) in [6, 6.07) is 7.19. The quantitative estimate of drug-likeness (QED) is 0.899. The van der Waals surface area contributed by atoms with Crippen LogP contribution in [0.15, 0.2) is 18.2 Å². The molecule has 1 heterocycles. The van der Waals surface area contributed by atoms with Crippen LogP contribution in [-0.2, 0) is 0 Å². The fraction of sp³-hybridized carbons (Fsp3) is 0.667. The van der Waals surface area contributed by atoms with Gasteiger partial charge in [0, 0.05) is 6.04 Å². The Morgan fingerprint density at radius 2 is 2.14 bits per heavy atom. The van der Waals surface area contributed by atoms with Crippen molar-refractivity contribution in [2.75, 3.05) is 33.8 Å². The molecule has 21 heavy (non-hydrogen) atoms. The lowest BCUT2D eigenvalue weighted by molar-refractivity contribution is 0.189. The Morgan fingerprint density at radius 3 is 2.81 bits per heavy atom. The van der Waals surface area contributed by atoms with E-state index in [-0.39, 0.29) is 0 Å². The molecule has 0 amide bonds. The molecular weight excluding hydrogens is 260 g/mol. The zero-order chi connectivity index (χ0) is 15.2. The molecule has 2 atom stereocenters. The van der Waals surface area contributed by atoms with E-state index in [1.165, 1.54) is 36.9 Å². The first kappa shape index (κ1) is 16.3. The van der Waals surface area contributed by atoms with Gasteiger partial charge in [0.2, 0.25) is 0 Å². The number of hydrogen-bond acceptors (Lipinski definition) is 3. The highest BCUT2D eigenvalue weighted by Crippen LogP contribution is 2.35. The Balaban J connectivity index is 2.27. The van der Waals surface area contributed by atoms with E-state index in [0.717, 1.165) is 18.8 Å². The average molecular weight is 290 g/mol. The largest absolute Gasteiger partial charge is 0.496 e. The Bertz CT molecular complexity index is 447. The van der Waals surface area contributed by atoms with E-state index in [4.69, 9.17) is 4.74 Å². The van der Waals surface area contributed by atoms with Crippen LogP contribution >= 0.6 is 0 Å². The van der Waals surface area contributed by atoms with Crippen molar-refractivity contribution >= 4 is 0 Å². The zero-order valence-electron chi connectivity index (χ0n) is 14.0. The Morgan fingerprint density at radius 1 is 1.33 bits per heavy atom. The summed E-state index contributed by atoms with van der Waals surface area (Å²) < 4.78 is 5.40. The maximum atomic E-state index is 5.40. The van der Waals surface area contributed by atoms with Gasteiger partial charge in [0.05, 0.1) is 7.11 Å². The number of hydrogen-bond donors (Lipinski definition) is 1. The van der Waals surface area contributed by atoms with E-state index in [9.17, 15) is 0 Å². The predicted octanol–water partition coefficient (Wildman–Crippen LogP) is 3.39. The summed E-state index contributed by atoms with van der Waals surface area (Å²) in [5, 5.41) is 3.55. The van der Waals surface area contributed by atoms with Crippen LogP contribution < -0.4 is 10.1 Å². The van der Waals surface area contributed by atoms with E-state index in [1.807, 2.05) is 0 Å². The first-order chi connectivity index (χ1) is 10.2. The van der Waals surface area contributed by atoms with Gasteiger partial charge in [-0.1, -0.05) is 25.5 Å². The number of rotatable bonds is 5. The van der Waals surface area contributed by atoms with Crippen LogP contribution in [0, 0.1) is 12.8 Å². The van der Waals surface area contributed by atoms with E-state index in [0.29, 0.717) is 12.0 Å². The molecule has 1 aliphatic rings. The van der Waals surface area contributed by atoms with Gasteiger partial charge in [-0.15, -0.1) is 0 Å². The van der Waals surface area contributed by atoms with Gasteiger partial charge in [-0.25, -0.2) is 0 Å². The summed E-state index contributed by atoms with van der Waals surface area (Å²) in [5.74, 6) is 1.67. The van der Waals surface area contributed by atoms with Gasteiger partial charge in [-0.3, -0.25) is 4.90 Å². The second-order valence-corrected chi connectivity index (χ2v) is 6.22. The van der Waals surface area contributed by atoms with Crippen molar-refractivity contribution in [1.82, 2.24) is 10.2 Å². The number of aryl methyl sites for hydroxylation is 1. The maximum Gasteiger partial charge on any atom is 0.121 e. The van der Waals surface area contributed by atoms with Crippen LogP contribution in [-0.4, -0.2) is 38.7 Å². The molecule has 1 fully saturated rings. The molecule has 3 heteroatoms. The van der Waals surface area contributed by atoms with Crippen LogP contribution in [0.2, 0.25) is 0 Å². The van der Waals surface area contributed by atoms with E-state index in [2.05, 4.69) is 49.3 Å². The minimum absolute atomic E-state index is 0.510. The summed E-state index contributed by atoms with van der Waals surface area (Å²) in [4.78, 5) is 2.54. The number of nitrogens with one attached hydrogen (secondary N) is 1. The molecule has 1 aliphatic heterocycles. The maximum absolute atomic E-state index is 5.40. The smallest absolute Gasteiger partial charge is 0.121 e. The second kappa shape index (κ2) is 7.81. The van der Waals surface area contributed by atoms with Crippen LogP contribution in [0.25, 0.3) is 0 Å². The van der Waals surface area contributed by atoms with Gasteiger partial charge in [0.15, 0.2) is 0 Å². The molecule has 2 unspecified atom stereocenters. The normalized spacial score (nSPS) is 23.8. The lowest BCUT2D eigenvalue weighted by Crippen LogP contribution is -2.34. The summed E-state index contributed by atoms with van der Waals surface area (Å²) in [6.07, 6.45) is 3.96. The van der Waals surface area contributed by atoms with Gasteiger partial charge < -0.3 is 10.1 Å². The van der Waals surface area contributed by atoms with Gasteiger partial charge >= 0.3 is 0 Å². The van der Waals surface area contributed by atoms with Crippen molar-refractivity contribution in [3.8, 4) is 5.75 Å². The topological polar surface area (TPSA) is 24.5 Å². The molecule has 118 valence electrons. The van der Waals surface area contributed by atoms with Crippen molar-refractivity contribution in [3.05, 3.63) is 29.3 Å². The van der Waals surface area contributed by atoms with E-state index < -0.39 is 0 Å². The zero-order valence-corrected chi connectivity index (χ0v) is 14.0. The SMILES string of the molecule is CCNCC1CCCCN(C)C1c1ccc(OC)c(C)c1. The summed E-state index contributed by atoms with van der Waals surface area (Å²) in [7, 11) is 4.02. The van der Waals surface area contributed by atoms with E-state index in [1.54, 1.807) is 7.11 Å². The van der Waals surface area contributed by atoms with Crippen molar-refractivity contribution in [2.24, 2.45) is 5.92 Å². The van der Waals surface area contributed by atoms with Gasteiger partial charge in [-0.05, 0) is 69.6 Å². The van der Waals surface area contributed by atoms with Crippen LogP contribution in [0.5, 0.6) is 5.75 Å². The highest BCUT2D eigenvalue weighted by molar-refractivity contribution is 5.37. The molecule has 0 aliphatic carbocycles. The molecule has 2 rings (SSSR count). The van der Waals surface area contributed by atoms with E-state index >= 15 is 0 Å². The van der Waals surface area contributed by atoms with Crippen LogP contribution in [0.3, 0.4) is 0 Å². The molecule has 0 aromatic heterocycles. The molecule has 0 radical (unpaired) electrons. The lowest BCUT2D eigenvalue weighted by Gasteiger charge is -2.33. The molecular formula is C18H30N2O. The molecule has 0 spiro atoms. The minimum atomic E-state index is 0.510. The minimum Gasteiger partial charge on any atom is -0.496 e. The molecule has 1 N–H and O–H groups in total. The molecule has 0 saturated carbocycles. The number of methoxy groups -OCH3 is 1. The van der Waals surface area contributed by atoms with Crippen molar-refractivity contribution in [3.63, 3.8) is 0 Å². The van der Waals surface area contributed by atoms with Gasteiger partial charge in [0.25, 0.3) is 0 Å². The Kier molecular flexibility index (Phi) is 6.07. The fourth-order valence-corrected chi connectivity index (χ4v) is 3.58. The third-order valence-corrected chi connectivity index (χ3v) is 4.67. The number of benzene rings is 1. The average Bonchev–Trinajstić information content (AvgIpc) is 2.66. The molecule has 0 bridgehead atoms. The van der Waals surface area contributed by atoms with Gasteiger partial charge in [0.1, 0.15) is 5.75 Å². The van der Waals surface area contributed by atoms with Crippen molar-refractivity contribution in [1.29, 1.82) is 0 Å². The fourth-order valence-electron chi connectivity index (χ4n) is 3.58. The van der Waals surface area contributed by atoms with Crippen LogP contribution in [0.1, 0.15) is 43.4 Å². The molecule has 1 aromatic rings. The summed E-state index contributed by atoms with van der Waals surface area (Å²) in [6.45, 7) is 7.68. The standard InChI is InChI=1S/C18H30N2O/c1-5-19-13-16-8-6-7-11-20(3)18(16)15-9-10-17(21-4)14(2)12-15/h9-10,12,16,18-19H,5-8,11,13H2,1-4H3. The molecule has 1 aromatic carbocycles. The molecule has 1 saturated heterocycles. The predicted molar refractivity (Wildman–Crippen MR) is 89.0 cm³/mol. The number of nitrogens with zero attached hydrogens (tertiary/aromatic N) is 1. The third-order valence-electron chi connectivity index (χ3n) is 4.67. The number of likely N-dealkylation sites (tertiary alicyclic amines) is 1. The van der Waals surface area contributed by atoms with Crippen molar-refractivity contribution < 1.29 is 4.74 Å². The summed E-state index contributed by atoms with van der Waals surface area (Å²) >= 11 is 0. The highest BCUT2D eigenvalue weighted by Gasteiger charge is 2.28. The van der Waals surface area contributed by atoms with Crippen LogP contribution in [0.4, 0.5) is 0 Å². The second-order valence-electron chi connectivity index (χ2n) is 6.22. The monoisotopic (exact) mass is 290 g/mol. The number of ether oxygens (including phenoxy) is 1. The lowest BCUT2D eigenvalue weighted by atomic mass is 9.88. The van der Waals surface area contributed by atoms with Crippen molar-refractivity contribution in [2.45, 2.75) is 39.2 Å². The first-order valence-electron chi connectivity index (χ1n) is 8.22. The first-order valence-corrected chi connectivity index (χ1v) is 8.22. The summed E-state index contributed by atoms with van der Waals surface area (Å²) in [5.41, 5.74) is 2.66. The Hall–Kier alpha value is -1.06. The molecule has 3 nitrogen and oxygen atoms in total. The highest BCUT2D eigenvalue weighted by atomic mass is 16.5.